The van der Waals surface area contributed by atoms with E-state index in [9.17, 15) is 14.0 Å². The maximum absolute atomic E-state index is 11.5. The monoisotopic (exact) mass is 396 g/mol. The minimum atomic E-state index is -4.65. The molecule has 2 N–H and O–H groups in total. The fourth-order valence-corrected chi connectivity index (χ4v) is 3.56. The third kappa shape index (κ3) is 14.3. The molecule has 0 aromatic rings. The summed E-state index contributed by atoms with van der Waals surface area (Å²) in [7, 11) is -8.33. The fraction of sp³-hybridized carbons (Fsp3) is 0.625. The Kier molecular flexibility index (Phi) is 11.7. The molecule has 25 heavy (non-hydrogen) atoms. The maximum Gasteiger partial charge on any atom is 0.481 e. The second-order valence-corrected chi connectivity index (χ2v) is 9.11. The summed E-state index contributed by atoms with van der Waals surface area (Å²) in [5.41, 5.74) is 3.63. The predicted molar refractivity (Wildman–Crippen MR) is 99.1 cm³/mol. The third-order valence-electron chi connectivity index (χ3n) is 3.23. The molecule has 0 spiro atoms. The molecule has 7 nitrogen and oxygen atoms in total. The number of hydrogen-bond donors (Lipinski definition) is 2. The van der Waals surface area contributed by atoms with E-state index < -0.39 is 15.6 Å². The van der Waals surface area contributed by atoms with E-state index in [4.69, 9.17) is 4.89 Å². The largest absolute Gasteiger partial charge is 0.481 e. The smallest absolute Gasteiger partial charge is 0.302 e. The van der Waals surface area contributed by atoms with Crippen molar-refractivity contribution in [3.05, 3.63) is 34.9 Å². The Morgan fingerprint density at radius 2 is 1.40 bits per heavy atom. The van der Waals surface area contributed by atoms with E-state index >= 15 is 0 Å². The van der Waals surface area contributed by atoms with Crippen molar-refractivity contribution >= 4 is 15.6 Å². The molecule has 0 fully saturated rings. The van der Waals surface area contributed by atoms with Crippen molar-refractivity contribution in [1.29, 1.82) is 0 Å². The van der Waals surface area contributed by atoms with Crippen LogP contribution in [0.3, 0.4) is 0 Å². The lowest BCUT2D eigenvalue weighted by molar-refractivity contribution is 0.178. The number of phosphoric ester groups is 2. The Morgan fingerprint density at radius 1 is 0.880 bits per heavy atom. The van der Waals surface area contributed by atoms with Crippen LogP contribution in [0.4, 0.5) is 0 Å². The zero-order valence-corrected chi connectivity index (χ0v) is 17.4. The molecule has 0 rings (SSSR count). The van der Waals surface area contributed by atoms with Crippen molar-refractivity contribution in [1.82, 2.24) is 0 Å². The van der Waals surface area contributed by atoms with Crippen molar-refractivity contribution in [2.24, 2.45) is 0 Å². The van der Waals surface area contributed by atoms with Crippen LogP contribution in [0.5, 0.6) is 0 Å². The number of phosphoric acid groups is 2. The molecule has 0 saturated carbocycles. The Balaban J connectivity index is 4.23. The molecule has 0 aromatic heterocycles. The van der Waals surface area contributed by atoms with Crippen molar-refractivity contribution in [2.75, 3.05) is 13.7 Å². The van der Waals surface area contributed by atoms with Gasteiger partial charge in [0.2, 0.25) is 0 Å². The van der Waals surface area contributed by atoms with E-state index in [0.29, 0.717) is 0 Å². The summed E-state index contributed by atoms with van der Waals surface area (Å²) in [5, 5.41) is 0. The summed E-state index contributed by atoms with van der Waals surface area (Å²) < 4.78 is 35.3. The van der Waals surface area contributed by atoms with Crippen LogP contribution in [-0.2, 0) is 22.5 Å². The Hall–Kier alpha value is -0.520. The highest BCUT2D eigenvalue weighted by Gasteiger charge is 2.33. The van der Waals surface area contributed by atoms with Gasteiger partial charge in [0.25, 0.3) is 0 Å². The summed E-state index contributed by atoms with van der Waals surface area (Å²) in [6.45, 7) is 7.95. The van der Waals surface area contributed by atoms with E-state index in [1.165, 1.54) is 11.1 Å². The van der Waals surface area contributed by atoms with E-state index in [0.717, 1.165) is 38.4 Å². The molecular weight excluding hydrogens is 366 g/mol. The standard InChI is InChI=1S/C16H30O7P2/c1-14(2)8-6-9-15(3)10-7-11-16(4)12-13-22-25(19,20)23-24(17,18)21-5/h8,10,12H,6-7,9,11,13H2,1-5H3,(H,17,18)(H,19,20). The van der Waals surface area contributed by atoms with Gasteiger partial charge in [-0.2, -0.15) is 4.31 Å². The SMILES string of the molecule is COP(=O)(O)OP(=O)(O)OCC=C(C)CCC=C(C)CCC=C(C)C. The molecule has 0 aliphatic heterocycles. The van der Waals surface area contributed by atoms with Crippen LogP contribution in [0.2, 0.25) is 0 Å². The van der Waals surface area contributed by atoms with E-state index in [1.54, 1.807) is 6.08 Å². The Labute approximate surface area is 150 Å². The van der Waals surface area contributed by atoms with Gasteiger partial charge in [0, 0.05) is 7.11 Å². The molecule has 9 heteroatoms. The summed E-state index contributed by atoms with van der Waals surface area (Å²) in [5.74, 6) is 0. The highest BCUT2D eigenvalue weighted by atomic mass is 31.3. The molecule has 0 bridgehead atoms. The highest BCUT2D eigenvalue weighted by Crippen LogP contribution is 2.59. The number of hydrogen-bond acceptors (Lipinski definition) is 5. The van der Waals surface area contributed by atoms with Gasteiger partial charge in [-0.15, -0.1) is 0 Å². The van der Waals surface area contributed by atoms with Crippen LogP contribution >= 0.6 is 15.6 Å². The maximum atomic E-state index is 11.5. The van der Waals surface area contributed by atoms with Crippen LogP contribution < -0.4 is 0 Å². The average Bonchev–Trinajstić information content (AvgIpc) is 2.45. The molecule has 146 valence electrons. The lowest BCUT2D eigenvalue weighted by Crippen LogP contribution is -1.96. The first-order valence-corrected chi connectivity index (χ1v) is 11.0. The minimum Gasteiger partial charge on any atom is -0.302 e. The van der Waals surface area contributed by atoms with Crippen LogP contribution in [0.15, 0.2) is 34.9 Å². The second-order valence-electron chi connectivity index (χ2n) is 5.96. The summed E-state index contributed by atoms with van der Waals surface area (Å²) in [6, 6.07) is 0. The quantitative estimate of drug-likeness (QED) is 0.341. The summed E-state index contributed by atoms with van der Waals surface area (Å²) in [4.78, 5) is 18.3. The minimum absolute atomic E-state index is 0.202. The number of rotatable bonds is 12. The zero-order valence-electron chi connectivity index (χ0n) is 15.6. The van der Waals surface area contributed by atoms with Crippen molar-refractivity contribution in [3.8, 4) is 0 Å². The van der Waals surface area contributed by atoms with Gasteiger partial charge >= 0.3 is 15.6 Å². The highest BCUT2D eigenvalue weighted by molar-refractivity contribution is 7.61. The lowest BCUT2D eigenvalue weighted by atomic mass is 10.1. The topological polar surface area (TPSA) is 102 Å². The predicted octanol–water partition coefficient (Wildman–Crippen LogP) is 5.29. The van der Waals surface area contributed by atoms with Crippen LogP contribution in [0.1, 0.15) is 53.4 Å². The van der Waals surface area contributed by atoms with Gasteiger partial charge in [0.1, 0.15) is 0 Å². The zero-order chi connectivity index (χ0) is 19.5. The molecule has 0 heterocycles. The molecular formula is C16H30O7P2. The van der Waals surface area contributed by atoms with E-state index in [2.05, 4.69) is 46.3 Å². The molecule has 0 aliphatic carbocycles. The third-order valence-corrected chi connectivity index (χ3v) is 5.82. The first-order chi connectivity index (χ1) is 11.5. The van der Waals surface area contributed by atoms with Gasteiger partial charge in [0.15, 0.2) is 0 Å². The number of allylic oxidation sites excluding steroid dienone is 5. The first kappa shape index (κ1) is 24.5. The van der Waals surface area contributed by atoms with Crippen molar-refractivity contribution in [3.63, 3.8) is 0 Å². The molecule has 0 aromatic carbocycles. The van der Waals surface area contributed by atoms with E-state index in [1.807, 2.05) is 6.92 Å². The van der Waals surface area contributed by atoms with Gasteiger partial charge in [0.05, 0.1) is 6.61 Å². The summed E-state index contributed by atoms with van der Waals surface area (Å²) >= 11 is 0. The van der Waals surface area contributed by atoms with Crippen molar-refractivity contribution in [2.45, 2.75) is 53.4 Å². The second kappa shape index (κ2) is 12.0. The molecule has 2 atom stereocenters. The fourth-order valence-electron chi connectivity index (χ4n) is 1.80. The normalized spacial score (nSPS) is 17.7. The Bertz CT molecular complexity index is 589. The molecule has 0 saturated heterocycles. The van der Waals surface area contributed by atoms with Crippen LogP contribution in [0.25, 0.3) is 0 Å². The Morgan fingerprint density at radius 3 is 1.92 bits per heavy atom. The molecule has 0 radical (unpaired) electrons. The van der Waals surface area contributed by atoms with Gasteiger partial charge in [-0.25, -0.2) is 9.13 Å². The molecule has 2 unspecified atom stereocenters. The summed E-state index contributed by atoms with van der Waals surface area (Å²) in [6.07, 6.45) is 9.75. The van der Waals surface area contributed by atoms with Crippen molar-refractivity contribution < 1.29 is 32.3 Å². The van der Waals surface area contributed by atoms with E-state index in [-0.39, 0.29) is 6.61 Å². The van der Waals surface area contributed by atoms with Gasteiger partial charge in [-0.05, 0) is 53.4 Å². The molecule has 0 aliphatic rings. The average molecular weight is 396 g/mol. The van der Waals surface area contributed by atoms with Gasteiger partial charge in [-0.3, -0.25) is 9.05 Å². The van der Waals surface area contributed by atoms with Crippen LogP contribution in [0, 0.1) is 0 Å². The van der Waals surface area contributed by atoms with Gasteiger partial charge < -0.3 is 9.79 Å². The molecule has 0 amide bonds. The van der Waals surface area contributed by atoms with Gasteiger partial charge in [-0.1, -0.05) is 34.9 Å². The van der Waals surface area contributed by atoms with Crippen LogP contribution in [-0.4, -0.2) is 23.5 Å². The first-order valence-electron chi connectivity index (χ1n) is 7.99. The lowest BCUT2D eigenvalue weighted by Gasteiger charge is -2.13.